The lowest BCUT2D eigenvalue weighted by molar-refractivity contribution is -0.125. The normalized spacial score (nSPS) is 12.3. The van der Waals surface area contributed by atoms with E-state index in [9.17, 15) is 4.79 Å². The molecule has 1 unspecified atom stereocenters. The van der Waals surface area contributed by atoms with Crippen molar-refractivity contribution in [3.63, 3.8) is 0 Å². The van der Waals surface area contributed by atoms with Gasteiger partial charge < -0.3 is 11.1 Å². The Kier molecular flexibility index (Phi) is 5.07. The van der Waals surface area contributed by atoms with E-state index in [4.69, 9.17) is 5.73 Å². The van der Waals surface area contributed by atoms with E-state index in [2.05, 4.69) is 17.2 Å². The molecule has 4 nitrogen and oxygen atoms in total. The summed E-state index contributed by atoms with van der Waals surface area (Å²) >= 11 is 0. The van der Waals surface area contributed by atoms with E-state index >= 15 is 0 Å². The lowest BCUT2D eigenvalue weighted by atomic mass is 10.0. The fraction of sp³-hybridized carbons (Fsp3) is 0.375. The predicted molar refractivity (Wildman–Crippen MR) is 81.0 cm³/mol. The first-order chi connectivity index (χ1) is 9.76. The molecule has 1 heterocycles. The summed E-state index contributed by atoms with van der Waals surface area (Å²) in [5.74, 6) is -0.0646. The number of rotatable bonds is 6. The van der Waals surface area contributed by atoms with Gasteiger partial charge in [-0.05, 0) is 18.1 Å². The molecule has 1 amide bonds. The van der Waals surface area contributed by atoms with Gasteiger partial charge in [-0.1, -0.05) is 37.6 Å². The standard InChI is InChI=1S/C16H21N3O/c1-2-5-13(10-17)16(20)19-11-14-7-3-6-12-8-4-9-18-15(12)14/h3-4,6-9,13H,2,5,10-11,17H2,1H3,(H,19,20). The quantitative estimate of drug-likeness (QED) is 0.846. The van der Waals surface area contributed by atoms with Gasteiger partial charge in [0.25, 0.3) is 0 Å². The van der Waals surface area contributed by atoms with Gasteiger partial charge in [0.1, 0.15) is 0 Å². The number of nitrogens with two attached hydrogens (primary N) is 1. The Morgan fingerprint density at radius 1 is 1.35 bits per heavy atom. The highest BCUT2D eigenvalue weighted by molar-refractivity contribution is 5.83. The average molecular weight is 271 g/mol. The minimum absolute atomic E-state index is 0.0299. The van der Waals surface area contributed by atoms with E-state index in [1.807, 2.05) is 30.3 Å². The van der Waals surface area contributed by atoms with Crippen molar-refractivity contribution in [2.45, 2.75) is 26.3 Å². The third-order valence-corrected chi connectivity index (χ3v) is 3.46. The molecule has 0 fully saturated rings. The summed E-state index contributed by atoms with van der Waals surface area (Å²) in [6, 6.07) is 9.93. The fourth-order valence-electron chi connectivity index (χ4n) is 2.34. The van der Waals surface area contributed by atoms with Crippen molar-refractivity contribution < 1.29 is 4.79 Å². The zero-order valence-electron chi connectivity index (χ0n) is 11.8. The summed E-state index contributed by atoms with van der Waals surface area (Å²) in [6.07, 6.45) is 3.56. The van der Waals surface area contributed by atoms with Crippen LogP contribution in [0.4, 0.5) is 0 Å². The number of para-hydroxylation sites is 1. The van der Waals surface area contributed by atoms with Crippen LogP contribution in [0.15, 0.2) is 36.5 Å². The van der Waals surface area contributed by atoms with Crippen LogP contribution in [0.1, 0.15) is 25.3 Å². The van der Waals surface area contributed by atoms with Crippen molar-refractivity contribution in [3.05, 3.63) is 42.1 Å². The zero-order valence-corrected chi connectivity index (χ0v) is 11.8. The summed E-state index contributed by atoms with van der Waals surface area (Å²) in [4.78, 5) is 16.4. The lowest BCUT2D eigenvalue weighted by Gasteiger charge is -2.14. The van der Waals surface area contributed by atoms with Crippen LogP contribution in [0, 0.1) is 5.92 Å². The summed E-state index contributed by atoms with van der Waals surface area (Å²) in [5, 5.41) is 4.05. The van der Waals surface area contributed by atoms with Gasteiger partial charge in [0.15, 0.2) is 0 Å². The molecule has 0 aliphatic rings. The van der Waals surface area contributed by atoms with Gasteiger partial charge in [0, 0.05) is 24.7 Å². The highest BCUT2D eigenvalue weighted by atomic mass is 16.1. The number of hydrogen-bond donors (Lipinski definition) is 2. The van der Waals surface area contributed by atoms with Gasteiger partial charge in [-0.2, -0.15) is 0 Å². The maximum Gasteiger partial charge on any atom is 0.224 e. The van der Waals surface area contributed by atoms with E-state index in [0.29, 0.717) is 13.1 Å². The maximum absolute atomic E-state index is 12.1. The molecule has 0 aliphatic carbocycles. The molecule has 4 heteroatoms. The largest absolute Gasteiger partial charge is 0.352 e. The Morgan fingerprint density at radius 2 is 2.15 bits per heavy atom. The molecule has 2 rings (SSSR count). The second-order valence-corrected chi connectivity index (χ2v) is 4.93. The molecule has 20 heavy (non-hydrogen) atoms. The smallest absolute Gasteiger partial charge is 0.224 e. The minimum Gasteiger partial charge on any atom is -0.352 e. The van der Waals surface area contributed by atoms with Crippen molar-refractivity contribution in [1.29, 1.82) is 0 Å². The number of pyridine rings is 1. The average Bonchev–Trinajstić information content (AvgIpc) is 2.50. The van der Waals surface area contributed by atoms with Crippen molar-refractivity contribution in [2.75, 3.05) is 6.54 Å². The molecule has 106 valence electrons. The second kappa shape index (κ2) is 7.01. The molecule has 1 aromatic carbocycles. The summed E-state index contributed by atoms with van der Waals surface area (Å²) < 4.78 is 0. The predicted octanol–water partition coefficient (Wildman–Crippen LogP) is 2.23. The first-order valence-electron chi connectivity index (χ1n) is 7.06. The molecular formula is C16H21N3O. The number of carbonyl (C=O) groups excluding carboxylic acids is 1. The number of aromatic nitrogens is 1. The topological polar surface area (TPSA) is 68.0 Å². The third kappa shape index (κ3) is 3.33. The van der Waals surface area contributed by atoms with Crippen molar-refractivity contribution in [2.24, 2.45) is 11.7 Å². The highest BCUT2D eigenvalue weighted by Gasteiger charge is 2.15. The van der Waals surface area contributed by atoms with Crippen molar-refractivity contribution >= 4 is 16.8 Å². The van der Waals surface area contributed by atoms with E-state index in [-0.39, 0.29) is 11.8 Å². The summed E-state index contributed by atoms with van der Waals surface area (Å²) in [5.41, 5.74) is 7.62. The lowest BCUT2D eigenvalue weighted by Crippen LogP contribution is -2.34. The van der Waals surface area contributed by atoms with Gasteiger partial charge in [-0.3, -0.25) is 9.78 Å². The zero-order chi connectivity index (χ0) is 14.4. The van der Waals surface area contributed by atoms with E-state index in [1.54, 1.807) is 6.20 Å². The molecule has 1 atom stereocenters. The van der Waals surface area contributed by atoms with E-state index in [0.717, 1.165) is 29.3 Å². The Bertz CT molecular complexity index is 577. The number of amides is 1. The molecule has 1 aromatic heterocycles. The molecule has 0 saturated heterocycles. The third-order valence-electron chi connectivity index (χ3n) is 3.46. The minimum atomic E-state index is -0.0945. The van der Waals surface area contributed by atoms with Crippen LogP contribution in [0.25, 0.3) is 10.9 Å². The van der Waals surface area contributed by atoms with Crippen LogP contribution in [-0.2, 0) is 11.3 Å². The molecule has 0 saturated carbocycles. The van der Waals surface area contributed by atoms with Crippen molar-refractivity contribution in [3.8, 4) is 0 Å². The van der Waals surface area contributed by atoms with Crippen molar-refractivity contribution in [1.82, 2.24) is 10.3 Å². The Balaban J connectivity index is 2.07. The molecule has 2 aromatic rings. The van der Waals surface area contributed by atoms with Crippen LogP contribution in [-0.4, -0.2) is 17.4 Å². The Labute approximate surface area is 119 Å². The summed E-state index contributed by atoms with van der Waals surface area (Å²) in [6.45, 7) is 2.95. The highest BCUT2D eigenvalue weighted by Crippen LogP contribution is 2.16. The Morgan fingerprint density at radius 3 is 2.90 bits per heavy atom. The maximum atomic E-state index is 12.1. The van der Waals surface area contributed by atoms with Gasteiger partial charge >= 0.3 is 0 Å². The number of fused-ring (bicyclic) bond motifs is 1. The van der Waals surface area contributed by atoms with Gasteiger partial charge in [0.05, 0.1) is 11.4 Å². The molecular weight excluding hydrogens is 250 g/mol. The van der Waals surface area contributed by atoms with Gasteiger partial charge in [-0.15, -0.1) is 0 Å². The Hall–Kier alpha value is -1.94. The second-order valence-electron chi connectivity index (χ2n) is 4.93. The SMILES string of the molecule is CCCC(CN)C(=O)NCc1cccc2cccnc12. The first-order valence-corrected chi connectivity index (χ1v) is 7.06. The van der Waals surface area contributed by atoms with Crippen LogP contribution in [0.3, 0.4) is 0 Å². The van der Waals surface area contributed by atoms with E-state index < -0.39 is 0 Å². The molecule has 0 bridgehead atoms. The monoisotopic (exact) mass is 271 g/mol. The van der Waals surface area contributed by atoms with Gasteiger partial charge in [0.2, 0.25) is 5.91 Å². The molecule has 0 aliphatic heterocycles. The number of benzene rings is 1. The van der Waals surface area contributed by atoms with Crippen LogP contribution in [0.2, 0.25) is 0 Å². The molecule has 0 radical (unpaired) electrons. The van der Waals surface area contributed by atoms with Crippen LogP contribution < -0.4 is 11.1 Å². The van der Waals surface area contributed by atoms with E-state index in [1.165, 1.54) is 0 Å². The fourth-order valence-corrected chi connectivity index (χ4v) is 2.34. The van der Waals surface area contributed by atoms with Crippen LogP contribution >= 0.6 is 0 Å². The number of hydrogen-bond acceptors (Lipinski definition) is 3. The number of carbonyl (C=O) groups is 1. The number of nitrogens with one attached hydrogen (secondary N) is 1. The van der Waals surface area contributed by atoms with Gasteiger partial charge in [-0.25, -0.2) is 0 Å². The van der Waals surface area contributed by atoms with Crippen LogP contribution in [0.5, 0.6) is 0 Å². The first kappa shape index (κ1) is 14.5. The molecule has 0 spiro atoms. The molecule has 3 N–H and O–H groups in total. The number of nitrogens with zero attached hydrogens (tertiary/aromatic N) is 1. The summed E-state index contributed by atoms with van der Waals surface area (Å²) in [7, 11) is 0.